The summed E-state index contributed by atoms with van der Waals surface area (Å²) < 4.78 is 4.67. The summed E-state index contributed by atoms with van der Waals surface area (Å²) in [5.74, 6) is -0.675. The predicted molar refractivity (Wildman–Crippen MR) is 86.6 cm³/mol. The smallest absolute Gasteiger partial charge is 0.337 e. The molecule has 0 radical (unpaired) electrons. The van der Waals surface area contributed by atoms with Crippen LogP contribution in [-0.4, -0.2) is 57.5 Å². The van der Waals surface area contributed by atoms with Crippen molar-refractivity contribution in [3.05, 3.63) is 0 Å². The molecular weight excluding hydrogens is 282 g/mol. The number of methoxy groups -OCH3 is 1. The van der Waals surface area contributed by atoms with E-state index >= 15 is 0 Å². The Morgan fingerprint density at radius 1 is 1.27 bits per heavy atom. The van der Waals surface area contributed by atoms with Crippen LogP contribution in [0.25, 0.3) is 0 Å². The average molecular weight is 315 g/mol. The van der Waals surface area contributed by atoms with Crippen LogP contribution in [0.15, 0.2) is 0 Å². The zero-order valence-corrected chi connectivity index (χ0v) is 15.0. The van der Waals surface area contributed by atoms with Crippen molar-refractivity contribution in [2.45, 2.75) is 89.5 Å². The van der Waals surface area contributed by atoms with Crippen molar-refractivity contribution in [1.29, 1.82) is 0 Å². The van der Waals surface area contributed by atoms with E-state index in [4.69, 9.17) is 0 Å². The Kier molecular flexibility index (Phi) is 6.04. The van der Waals surface area contributed by atoms with Crippen LogP contribution in [0, 0.1) is 0 Å². The van der Waals surface area contributed by atoms with E-state index in [2.05, 4.69) is 37.3 Å². The number of hydrogen-bond donors (Lipinski definition) is 2. The number of ether oxygens (including phenoxy) is 1. The molecule has 0 aromatic carbocycles. The van der Waals surface area contributed by atoms with Crippen molar-refractivity contribution < 1.29 is 19.7 Å². The fourth-order valence-corrected chi connectivity index (χ4v) is 3.76. The van der Waals surface area contributed by atoms with Gasteiger partial charge in [0, 0.05) is 24.0 Å². The molecule has 1 aliphatic heterocycles. The SMILES string of the molecule is CCC(O)(CC(O)CN1C(C)(C)CCCC1(C)C)C(=O)OC. The zero-order valence-electron chi connectivity index (χ0n) is 15.0. The molecule has 1 saturated heterocycles. The van der Waals surface area contributed by atoms with Crippen LogP contribution in [0.5, 0.6) is 0 Å². The lowest BCUT2D eigenvalue weighted by atomic mass is 9.79. The van der Waals surface area contributed by atoms with Gasteiger partial charge in [0.1, 0.15) is 0 Å². The molecule has 5 heteroatoms. The molecule has 2 unspecified atom stereocenters. The third-order valence-corrected chi connectivity index (χ3v) is 5.16. The van der Waals surface area contributed by atoms with E-state index in [1.54, 1.807) is 6.92 Å². The third-order valence-electron chi connectivity index (χ3n) is 5.16. The summed E-state index contributed by atoms with van der Waals surface area (Å²) in [6.45, 7) is 10.9. The highest BCUT2D eigenvalue weighted by molar-refractivity contribution is 5.79. The molecule has 0 aliphatic carbocycles. The van der Waals surface area contributed by atoms with Gasteiger partial charge >= 0.3 is 5.97 Å². The molecule has 1 rings (SSSR count). The summed E-state index contributed by atoms with van der Waals surface area (Å²) in [4.78, 5) is 14.1. The minimum atomic E-state index is -1.61. The Hall–Kier alpha value is -0.650. The second-order valence-electron chi connectivity index (χ2n) is 7.82. The topological polar surface area (TPSA) is 70.0 Å². The predicted octanol–water partition coefficient (Wildman–Crippen LogP) is 2.09. The monoisotopic (exact) mass is 315 g/mol. The molecule has 1 aliphatic rings. The number of likely N-dealkylation sites (tertiary alicyclic amines) is 1. The van der Waals surface area contributed by atoms with Crippen molar-refractivity contribution in [3.8, 4) is 0 Å². The van der Waals surface area contributed by atoms with Gasteiger partial charge in [0.25, 0.3) is 0 Å². The standard InChI is InChI=1S/C17H33NO4/c1-7-17(21,14(20)22-6)11-13(19)12-18-15(2,3)9-8-10-16(18,4)5/h13,19,21H,7-12H2,1-6H3. The number of esters is 1. The van der Waals surface area contributed by atoms with Gasteiger partial charge < -0.3 is 14.9 Å². The van der Waals surface area contributed by atoms with Crippen LogP contribution in [0.1, 0.15) is 66.7 Å². The van der Waals surface area contributed by atoms with Crippen molar-refractivity contribution in [2.75, 3.05) is 13.7 Å². The second kappa shape index (κ2) is 6.85. The molecule has 0 amide bonds. The quantitative estimate of drug-likeness (QED) is 0.735. The first kappa shape index (κ1) is 19.4. The Bertz CT molecular complexity index is 378. The highest BCUT2D eigenvalue weighted by atomic mass is 16.5. The molecule has 0 saturated carbocycles. The number of β-amino-alcohol motifs (C(OH)–C–C–N with tert-alkyl or cyclic N) is 1. The van der Waals surface area contributed by atoms with Crippen molar-refractivity contribution in [1.82, 2.24) is 4.90 Å². The highest BCUT2D eigenvalue weighted by Crippen LogP contribution is 2.38. The first-order valence-electron chi connectivity index (χ1n) is 8.25. The molecule has 0 aromatic heterocycles. The maximum atomic E-state index is 11.8. The molecule has 5 nitrogen and oxygen atoms in total. The van der Waals surface area contributed by atoms with E-state index in [1.165, 1.54) is 13.5 Å². The van der Waals surface area contributed by atoms with E-state index < -0.39 is 17.7 Å². The normalized spacial score (nSPS) is 25.3. The summed E-state index contributed by atoms with van der Waals surface area (Å²) in [6.07, 6.45) is 2.78. The van der Waals surface area contributed by atoms with Gasteiger partial charge in [-0.3, -0.25) is 4.90 Å². The Morgan fingerprint density at radius 3 is 2.18 bits per heavy atom. The van der Waals surface area contributed by atoms with Gasteiger partial charge in [-0.2, -0.15) is 0 Å². The highest BCUT2D eigenvalue weighted by Gasteiger charge is 2.44. The number of hydrogen-bond acceptors (Lipinski definition) is 5. The summed E-state index contributed by atoms with van der Waals surface area (Å²) in [5, 5.41) is 20.9. The van der Waals surface area contributed by atoms with Crippen LogP contribution < -0.4 is 0 Å². The number of aliphatic hydroxyl groups is 2. The molecule has 0 aromatic rings. The fourth-order valence-electron chi connectivity index (χ4n) is 3.76. The average Bonchev–Trinajstić information content (AvgIpc) is 2.41. The number of rotatable bonds is 6. The van der Waals surface area contributed by atoms with Crippen molar-refractivity contribution >= 4 is 5.97 Å². The lowest BCUT2D eigenvalue weighted by Crippen LogP contribution is -2.61. The zero-order chi connectivity index (χ0) is 17.2. The molecule has 130 valence electrons. The minimum absolute atomic E-state index is 0.00116. The number of carbonyl (C=O) groups is 1. The number of piperidine rings is 1. The first-order valence-corrected chi connectivity index (χ1v) is 8.25. The molecule has 1 fully saturated rings. The van der Waals surface area contributed by atoms with Crippen molar-refractivity contribution in [2.24, 2.45) is 0 Å². The largest absolute Gasteiger partial charge is 0.467 e. The van der Waals surface area contributed by atoms with Crippen LogP contribution in [0.2, 0.25) is 0 Å². The lowest BCUT2D eigenvalue weighted by molar-refractivity contribution is -0.167. The van der Waals surface area contributed by atoms with Crippen LogP contribution >= 0.6 is 0 Å². The fraction of sp³-hybridized carbons (Fsp3) is 0.941. The van der Waals surface area contributed by atoms with Gasteiger partial charge in [0.2, 0.25) is 0 Å². The van der Waals surface area contributed by atoms with Crippen LogP contribution in [0.4, 0.5) is 0 Å². The molecule has 22 heavy (non-hydrogen) atoms. The van der Waals surface area contributed by atoms with Gasteiger partial charge in [0.05, 0.1) is 13.2 Å². The summed E-state index contributed by atoms with van der Waals surface area (Å²) >= 11 is 0. The van der Waals surface area contributed by atoms with Gasteiger partial charge in [0.15, 0.2) is 5.60 Å². The molecule has 0 bridgehead atoms. The lowest BCUT2D eigenvalue weighted by Gasteiger charge is -2.53. The second-order valence-corrected chi connectivity index (χ2v) is 7.82. The Balaban J connectivity index is 2.81. The van der Waals surface area contributed by atoms with Gasteiger partial charge in [-0.1, -0.05) is 6.92 Å². The number of carbonyl (C=O) groups excluding carboxylic acids is 1. The molecular formula is C17H33NO4. The third kappa shape index (κ3) is 4.21. The molecule has 1 heterocycles. The van der Waals surface area contributed by atoms with E-state index in [-0.39, 0.29) is 23.9 Å². The van der Waals surface area contributed by atoms with Gasteiger partial charge in [-0.15, -0.1) is 0 Å². The first-order chi connectivity index (χ1) is 9.98. The molecule has 2 atom stereocenters. The molecule has 2 N–H and O–H groups in total. The summed E-state index contributed by atoms with van der Waals surface area (Å²) in [7, 11) is 1.26. The Labute approximate surface area is 134 Å². The van der Waals surface area contributed by atoms with Crippen LogP contribution in [-0.2, 0) is 9.53 Å². The number of nitrogens with zero attached hydrogens (tertiary/aromatic N) is 1. The number of aliphatic hydroxyl groups excluding tert-OH is 1. The summed E-state index contributed by atoms with van der Waals surface area (Å²) in [5.41, 5.74) is -1.62. The molecule has 0 spiro atoms. The van der Waals surface area contributed by atoms with Gasteiger partial charge in [-0.05, 0) is 53.4 Å². The maximum Gasteiger partial charge on any atom is 0.337 e. The van der Waals surface area contributed by atoms with E-state index in [0.29, 0.717) is 6.54 Å². The maximum absolute atomic E-state index is 11.8. The van der Waals surface area contributed by atoms with E-state index in [0.717, 1.165) is 12.8 Å². The minimum Gasteiger partial charge on any atom is -0.467 e. The van der Waals surface area contributed by atoms with Gasteiger partial charge in [-0.25, -0.2) is 4.79 Å². The van der Waals surface area contributed by atoms with Crippen molar-refractivity contribution in [3.63, 3.8) is 0 Å². The van der Waals surface area contributed by atoms with Crippen LogP contribution in [0.3, 0.4) is 0 Å². The Morgan fingerprint density at radius 2 is 1.77 bits per heavy atom. The summed E-state index contributed by atoms with van der Waals surface area (Å²) in [6, 6.07) is 0. The van der Waals surface area contributed by atoms with E-state index in [9.17, 15) is 15.0 Å². The van der Waals surface area contributed by atoms with E-state index in [1.807, 2.05) is 0 Å².